The van der Waals surface area contributed by atoms with Crippen LogP contribution in [0.4, 0.5) is 5.69 Å². The fraction of sp³-hybridized carbons (Fsp3) is 0.0769. The Morgan fingerprint density at radius 3 is 2.75 bits per heavy atom. The molecular weight excluding hydrogens is 296 g/mol. The van der Waals surface area contributed by atoms with Crippen LogP contribution >= 0.6 is 11.3 Å². The summed E-state index contributed by atoms with van der Waals surface area (Å²) in [7, 11) is -3.70. The second-order valence-corrected chi connectivity index (χ2v) is 6.97. The zero-order valence-electron chi connectivity index (χ0n) is 10.3. The minimum absolute atomic E-state index is 0.126. The van der Waals surface area contributed by atoms with Gasteiger partial charge in [-0.3, -0.25) is 4.79 Å². The summed E-state index contributed by atoms with van der Waals surface area (Å²) in [6.07, 6.45) is 1.20. The molecule has 2 heterocycles. The molecule has 0 aliphatic carbocycles. The molecule has 0 saturated heterocycles. The first-order valence-corrected chi connectivity index (χ1v) is 8.13. The van der Waals surface area contributed by atoms with E-state index < -0.39 is 10.0 Å². The molecule has 0 saturated carbocycles. The van der Waals surface area contributed by atoms with Crippen molar-refractivity contribution in [3.05, 3.63) is 46.7 Å². The molecular formula is C13H10N2O3S2. The number of benzene rings is 1. The summed E-state index contributed by atoms with van der Waals surface area (Å²) in [5.41, 5.74) is 0.396. The van der Waals surface area contributed by atoms with Crippen molar-refractivity contribution in [1.29, 1.82) is 0 Å². The van der Waals surface area contributed by atoms with E-state index in [9.17, 15) is 13.2 Å². The van der Waals surface area contributed by atoms with Crippen LogP contribution in [0.15, 0.2) is 51.7 Å². The van der Waals surface area contributed by atoms with E-state index in [1.807, 2.05) is 0 Å². The van der Waals surface area contributed by atoms with Crippen LogP contribution in [0.5, 0.6) is 0 Å². The first kappa shape index (κ1) is 13.0. The highest BCUT2D eigenvalue weighted by atomic mass is 32.2. The third kappa shape index (κ3) is 2.14. The van der Waals surface area contributed by atoms with Crippen molar-refractivity contribution in [2.75, 3.05) is 6.54 Å². The van der Waals surface area contributed by atoms with Crippen LogP contribution in [0.3, 0.4) is 0 Å². The molecule has 0 unspecified atom stereocenters. The monoisotopic (exact) mass is 306 g/mol. The van der Waals surface area contributed by atoms with Crippen molar-refractivity contribution in [3.63, 3.8) is 0 Å². The van der Waals surface area contributed by atoms with Gasteiger partial charge in [0.2, 0.25) is 0 Å². The smallest absolute Gasteiger partial charge is 0.267 e. The molecule has 0 N–H and O–H groups in total. The Bertz CT molecular complexity index is 780. The number of hydrogen-bond acceptors (Lipinski definition) is 5. The van der Waals surface area contributed by atoms with Crippen LogP contribution in [0.2, 0.25) is 0 Å². The lowest BCUT2D eigenvalue weighted by Crippen LogP contribution is -2.36. The summed E-state index contributed by atoms with van der Waals surface area (Å²) < 4.78 is 25.8. The SMILES string of the molecule is O=C(CN1C=Nc2ccccc2S1(=O)=O)c1cccs1. The van der Waals surface area contributed by atoms with Crippen molar-refractivity contribution in [2.24, 2.45) is 4.99 Å². The number of Topliss-reactive ketones (excluding diaryl/α,β-unsaturated/α-hetero) is 1. The Kier molecular flexibility index (Phi) is 3.15. The Morgan fingerprint density at radius 1 is 1.20 bits per heavy atom. The lowest BCUT2D eigenvalue weighted by molar-refractivity contribution is 0.0985. The summed E-state index contributed by atoms with van der Waals surface area (Å²) >= 11 is 1.29. The van der Waals surface area contributed by atoms with Crippen molar-refractivity contribution in [2.45, 2.75) is 4.90 Å². The standard InChI is InChI=1S/C13H10N2O3S2/c16-11(12-5-3-7-19-12)8-15-9-14-10-4-1-2-6-13(10)20(15,17)18/h1-7,9H,8H2. The van der Waals surface area contributed by atoms with E-state index in [1.54, 1.807) is 35.7 Å². The number of nitrogens with zero attached hydrogens (tertiary/aromatic N) is 2. The molecule has 0 bridgehead atoms. The van der Waals surface area contributed by atoms with Crippen LogP contribution in [0, 0.1) is 0 Å². The molecule has 3 rings (SSSR count). The molecule has 0 fully saturated rings. The van der Waals surface area contributed by atoms with Crippen LogP contribution in [-0.2, 0) is 10.0 Å². The molecule has 2 aromatic rings. The first-order chi connectivity index (χ1) is 9.59. The number of ketones is 1. The predicted molar refractivity (Wildman–Crippen MR) is 77.1 cm³/mol. The fourth-order valence-corrected chi connectivity index (χ4v) is 3.88. The molecule has 7 heteroatoms. The van der Waals surface area contributed by atoms with Gasteiger partial charge >= 0.3 is 0 Å². The summed E-state index contributed by atoms with van der Waals surface area (Å²) in [6, 6.07) is 9.90. The molecule has 0 radical (unpaired) electrons. The molecule has 1 aromatic heterocycles. The van der Waals surface area contributed by atoms with Crippen molar-refractivity contribution in [1.82, 2.24) is 4.31 Å². The highest BCUT2D eigenvalue weighted by Crippen LogP contribution is 2.29. The molecule has 1 aromatic carbocycles. The van der Waals surface area contributed by atoms with E-state index in [0.29, 0.717) is 10.6 Å². The second kappa shape index (κ2) is 4.84. The average Bonchev–Trinajstić information content (AvgIpc) is 2.96. The summed E-state index contributed by atoms with van der Waals surface area (Å²) in [4.78, 5) is 16.8. The topological polar surface area (TPSA) is 66.8 Å². The number of thiophene rings is 1. The zero-order valence-corrected chi connectivity index (χ0v) is 11.9. The molecule has 102 valence electrons. The van der Waals surface area contributed by atoms with Gasteiger partial charge in [0.1, 0.15) is 11.2 Å². The summed E-state index contributed by atoms with van der Waals surface area (Å²) in [6.45, 7) is -0.235. The molecule has 1 aliphatic rings. The Morgan fingerprint density at radius 2 is 2.00 bits per heavy atom. The lowest BCUT2D eigenvalue weighted by atomic mass is 10.3. The van der Waals surface area contributed by atoms with Gasteiger partial charge in [-0.15, -0.1) is 11.3 Å². The Hall–Kier alpha value is -1.99. The predicted octanol–water partition coefficient (Wildman–Crippen LogP) is 2.30. The Balaban J connectivity index is 1.92. The maximum Gasteiger partial charge on any atom is 0.267 e. The van der Waals surface area contributed by atoms with E-state index >= 15 is 0 Å². The van der Waals surface area contributed by atoms with Gasteiger partial charge in [0.05, 0.1) is 17.1 Å². The molecule has 0 atom stereocenters. The molecule has 0 amide bonds. The molecule has 1 aliphatic heterocycles. The summed E-state index contributed by atoms with van der Waals surface area (Å²) in [5, 5.41) is 1.78. The molecule has 5 nitrogen and oxygen atoms in total. The maximum absolute atomic E-state index is 12.4. The number of rotatable bonds is 3. The largest absolute Gasteiger partial charge is 0.291 e. The Labute approximate surface area is 120 Å². The number of sulfonamides is 1. The molecule has 20 heavy (non-hydrogen) atoms. The van der Waals surface area contributed by atoms with Gasteiger partial charge < -0.3 is 0 Å². The number of para-hydroxylation sites is 1. The van der Waals surface area contributed by atoms with E-state index in [4.69, 9.17) is 0 Å². The zero-order chi connectivity index (χ0) is 14.2. The number of fused-ring (bicyclic) bond motifs is 1. The van der Waals surface area contributed by atoms with Gasteiger partial charge in [-0.05, 0) is 23.6 Å². The van der Waals surface area contributed by atoms with Crippen molar-refractivity contribution < 1.29 is 13.2 Å². The number of carbonyl (C=O) groups excluding carboxylic acids is 1. The van der Waals surface area contributed by atoms with Gasteiger partial charge in [-0.1, -0.05) is 18.2 Å². The van der Waals surface area contributed by atoms with Gasteiger partial charge in [0, 0.05) is 0 Å². The lowest BCUT2D eigenvalue weighted by Gasteiger charge is -2.23. The first-order valence-electron chi connectivity index (χ1n) is 5.81. The van der Waals surface area contributed by atoms with E-state index in [1.165, 1.54) is 23.7 Å². The van der Waals surface area contributed by atoms with Crippen LogP contribution in [-0.4, -0.2) is 31.4 Å². The highest BCUT2D eigenvalue weighted by molar-refractivity contribution is 7.89. The minimum Gasteiger partial charge on any atom is -0.291 e. The van der Waals surface area contributed by atoms with Gasteiger partial charge in [0.25, 0.3) is 10.0 Å². The van der Waals surface area contributed by atoms with Crippen LogP contribution < -0.4 is 0 Å². The third-order valence-corrected chi connectivity index (χ3v) is 5.53. The highest BCUT2D eigenvalue weighted by Gasteiger charge is 2.30. The fourth-order valence-electron chi connectivity index (χ4n) is 1.88. The van der Waals surface area contributed by atoms with Gasteiger partial charge in [0.15, 0.2) is 5.78 Å². The molecule has 0 spiro atoms. The average molecular weight is 306 g/mol. The van der Waals surface area contributed by atoms with Crippen molar-refractivity contribution in [3.8, 4) is 0 Å². The third-order valence-electron chi connectivity index (χ3n) is 2.87. The maximum atomic E-state index is 12.4. The number of aliphatic imine (C=N–C) groups is 1. The second-order valence-electron chi connectivity index (χ2n) is 4.16. The van der Waals surface area contributed by atoms with Crippen LogP contribution in [0.25, 0.3) is 0 Å². The van der Waals surface area contributed by atoms with E-state index in [2.05, 4.69) is 4.99 Å². The minimum atomic E-state index is -3.70. The van der Waals surface area contributed by atoms with Crippen molar-refractivity contribution >= 4 is 39.2 Å². The van der Waals surface area contributed by atoms with Gasteiger partial charge in [-0.2, -0.15) is 0 Å². The number of carbonyl (C=O) groups is 1. The normalized spacial score (nSPS) is 15.9. The summed E-state index contributed by atoms with van der Waals surface area (Å²) in [5.74, 6) is -0.241. The van der Waals surface area contributed by atoms with Crippen LogP contribution in [0.1, 0.15) is 9.67 Å². The number of hydrogen-bond donors (Lipinski definition) is 0. The van der Waals surface area contributed by atoms with E-state index in [0.717, 1.165) is 4.31 Å². The van der Waals surface area contributed by atoms with Gasteiger partial charge in [-0.25, -0.2) is 17.7 Å². The van der Waals surface area contributed by atoms with E-state index in [-0.39, 0.29) is 17.2 Å². The quantitative estimate of drug-likeness (QED) is 0.817.